The molecule has 7 nitrogen and oxygen atoms in total. The zero-order valence-corrected chi connectivity index (χ0v) is 17.4. The van der Waals surface area contributed by atoms with Crippen molar-refractivity contribution in [1.82, 2.24) is 20.1 Å². The molecule has 0 spiro atoms. The Morgan fingerprint density at radius 3 is 2.97 bits per heavy atom. The van der Waals surface area contributed by atoms with Crippen molar-refractivity contribution in [2.75, 3.05) is 7.11 Å². The molecule has 0 aliphatic carbocycles. The van der Waals surface area contributed by atoms with E-state index in [-0.39, 0.29) is 18.2 Å². The fraction of sp³-hybridized carbons (Fsp3) is 0.286. The first-order chi connectivity index (χ1) is 14.1. The van der Waals surface area contributed by atoms with Crippen molar-refractivity contribution in [3.8, 4) is 0 Å². The number of benzene rings is 1. The normalized spacial score (nSPS) is 10.8. The zero-order valence-electron chi connectivity index (χ0n) is 16.6. The van der Waals surface area contributed by atoms with Gasteiger partial charge in [-0.15, -0.1) is 16.8 Å². The van der Waals surface area contributed by atoms with Crippen LogP contribution in [0.4, 0.5) is 0 Å². The summed E-state index contributed by atoms with van der Waals surface area (Å²) >= 11 is 1.61. The summed E-state index contributed by atoms with van der Waals surface area (Å²) < 4.78 is 12.4. The van der Waals surface area contributed by atoms with Gasteiger partial charge in [-0.25, -0.2) is 0 Å². The Kier molecular flexibility index (Phi) is 7.26. The predicted molar refractivity (Wildman–Crippen MR) is 112 cm³/mol. The van der Waals surface area contributed by atoms with Crippen molar-refractivity contribution in [2.24, 2.45) is 0 Å². The second-order valence-electron chi connectivity index (χ2n) is 6.46. The van der Waals surface area contributed by atoms with E-state index in [4.69, 9.17) is 9.15 Å². The molecule has 3 rings (SSSR count). The minimum absolute atomic E-state index is 0.237. The van der Waals surface area contributed by atoms with Crippen LogP contribution in [0.3, 0.4) is 0 Å². The lowest BCUT2D eigenvalue weighted by Crippen LogP contribution is -2.24. The van der Waals surface area contributed by atoms with E-state index in [1.165, 1.54) is 11.1 Å². The largest absolute Gasteiger partial charge is 0.453 e. The SMILES string of the molecule is C=CCn1c(CNC(=O)c2ccc(COC)o2)nnc1SCc1cccc(C)c1. The lowest BCUT2D eigenvalue weighted by atomic mass is 10.2. The summed E-state index contributed by atoms with van der Waals surface area (Å²) in [5, 5.41) is 12.1. The van der Waals surface area contributed by atoms with Crippen LogP contribution >= 0.6 is 11.8 Å². The van der Waals surface area contributed by atoms with E-state index in [1.54, 1.807) is 37.1 Å². The molecule has 8 heteroatoms. The summed E-state index contributed by atoms with van der Waals surface area (Å²) in [7, 11) is 1.57. The molecule has 0 aliphatic rings. The van der Waals surface area contributed by atoms with Crippen molar-refractivity contribution in [2.45, 2.75) is 37.5 Å². The number of rotatable bonds is 10. The lowest BCUT2D eigenvalue weighted by Gasteiger charge is -2.08. The number of amides is 1. The molecular weight excluding hydrogens is 388 g/mol. The van der Waals surface area contributed by atoms with Gasteiger partial charge in [0.15, 0.2) is 16.7 Å². The van der Waals surface area contributed by atoms with Gasteiger partial charge in [0.05, 0.1) is 6.54 Å². The van der Waals surface area contributed by atoms with Crippen LogP contribution in [0.5, 0.6) is 0 Å². The monoisotopic (exact) mass is 412 g/mol. The Labute approximate surface area is 174 Å². The minimum atomic E-state index is -0.311. The highest BCUT2D eigenvalue weighted by atomic mass is 32.2. The summed E-state index contributed by atoms with van der Waals surface area (Å²) in [5.41, 5.74) is 2.45. The Morgan fingerprint density at radius 2 is 2.21 bits per heavy atom. The third-order valence-corrected chi connectivity index (χ3v) is 5.17. The molecule has 1 aromatic carbocycles. The average molecular weight is 413 g/mol. The highest BCUT2D eigenvalue weighted by Crippen LogP contribution is 2.22. The molecule has 0 radical (unpaired) electrons. The number of ether oxygens (including phenoxy) is 1. The fourth-order valence-corrected chi connectivity index (χ4v) is 3.69. The van der Waals surface area contributed by atoms with Crippen LogP contribution in [-0.4, -0.2) is 27.8 Å². The third-order valence-electron chi connectivity index (χ3n) is 4.13. The van der Waals surface area contributed by atoms with Gasteiger partial charge in [0.1, 0.15) is 12.4 Å². The van der Waals surface area contributed by atoms with Gasteiger partial charge in [0.2, 0.25) is 0 Å². The number of methoxy groups -OCH3 is 1. The Morgan fingerprint density at radius 1 is 1.34 bits per heavy atom. The van der Waals surface area contributed by atoms with Gasteiger partial charge < -0.3 is 19.0 Å². The van der Waals surface area contributed by atoms with Gasteiger partial charge >= 0.3 is 0 Å². The standard InChI is InChI=1S/C21H24N4O3S/c1-4-10-25-19(12-22-20(26)18-9-8-17(28-18)13-27-3)23-24-21(25)29-14-16-7-5-6-15(2)11-16/h4-9,11H,1,10,12-14H2,2-3H3,(H,22,26). The molecule has 29 heavy (non-hydrogen) atoms. The highest BCUT2D eigenvalue weighted by Gasteiger charge is 2.15. The molecule has 0 aliphatic heterocycles. The number of nitrogens with one attached hydrogen (secondary N) is 1. The molecule has 2 heterocycles. The van der Waals surface area contributed by atoms with Crippen LogP contribution in [0.25, 0.3) is 0 Å². The number of carbonyl (C=O) groups excluding carboxylic acids is 1. The summed E-state index contributed by atoms with van der Waals surface area (Å²) in [6, 6.07) is 11.7. The smallest absolute Gasteiger partial charge is 0.287 e. The maximum absolute atomic E-state index is 12.3. The molecule has 0 bridgehead atoms. The van der Waals surface area contributed by atoms with Crippen molar-refractivity contribution in [3.63, 3.8) is 0 Å². The number of aromatic nitrogens is 3. The van der Waals surface area contributed by atoms with Crippen LogP contribution in [-0.2, 0) is 30.2 Å². The molecule has 0 unspecified atom stereocenters. The quantitative estimate of drug-likeness (QED) is 0.404. The van der Waals surface area contributed by atoms with Crippen LogP contribution in [0.1, 0.15) is 33.3 Å². The molecule has 1 amide bonds. The van der Waals surface area contributed by atoms with Gasteiger partial charge in [-0.05, 0) is 24.6 Å². The van der Waals surface area contributed by atoms with Crippen molar-refractivity contribution < 1.29 is 13.9 Å². The number of hydrogen-bond donors (Lipinski definition) is 1. The summed E-state index contributed by atoms with van der Waals surface area (Å²) in [6.45, 7) is 7.01. The molecule has 0 saturated heterocycles. The molecule has 0 saturated carbocycles. The molecule has 152 valence electrons. The number of aryl methyl sites for hydroxylation is 1. The first kappa shape index (κ1) is 20.9. The fourth-order valence-electron chi connectivity index (χ4n) is 2.79. The van der Waals surface area contributed by atoms with Crippen molar-refractivity contribution in [3.05, 3.63) is 77.5 Å². The Bertz CT molecular complexity index is 980. The minimum Gasteiger partial charge on any atom is -0.453 e. The first-order valence-corrected chi connectivity index (χ1v) is 10.2. The van der Waals surface area contributed by atoms with E-state index >= 15 is 0 Å². The van der Waals surface area contributed by atoms with Gasteiger partial charge in [-0.1, -0.05) is 47.7 Å². The summed E-state index contributed by atoms with van der Waals surface area (Å²) in [5.74, 6) is 1.98. The van der Waals surface area contributed by atoms with Gasteiger partial charge in [0.25, 0.3) is 5.91 Å². The van der Waals surface area contributed by atoms with Gasteiger partial charge in [0, 0.05) is 19.4 Å². The predicted octanol–water partition coefficient (Wildman–Crippen LogP) is 3.73. The number of furan rings is 1. The second kappa shape index (κ2) is 10.1. The molecule has 0 atom stereocenters. The van der Waals surface area contributed by atoms with Crippen molar-refractivity contribution in [1.29, 1.82) is 0 Å². The zero-order chi connectivity index (χ0) is 20.6. The molecule has 0 fully saturated rings. The van der Waals surface area contributed by atoms with Crippen LogP contribution in [0, 0.1) is 6.92 Å². The number of allylic oxidation sites excluding steroid dienone is 1. The van der Waals surface area contributed by atoms with Gasteiger partial charge in [-0.3, -0.25) is 4.79 Å². The van der Waals surface area contributed by atoms with E-state index in [0.717, 1.165) is 10.9 Å². The van der Waals surface area contributed by atoms with E-state index in [2.05, 4.69) is 47.2 Å². The van der Waals surface area contributed by atoms with Gasteiger partial charge in [-0.2, -0.15) is 0 Å². The van der Waals surface area contributed by atoms with Crippen LogP contribution < -0.4 is 5.32 Å². The summed E-state index contributed by atoms with van der Waals surface area (Å²) in [6.07, 6.45) is 1.79. The molecule has 2 aromatic heterocycles. The number of hydrogen-bond acceptors (Lipinski definition) is 6. The number of nitrogens with zero attached hydrogens (tertiary/aromatic N) is 3. The Balaban J connectivity index is 1.64. The van der Waals surface area contributed by atoms with E-state index < -0.39 is 0 Å². The van der Waals surface area contributed by atoms with Crippen molar-refractivity contribution >= 4 is 17.7 Å². The van der Waals surface area contributed by atoms with E-state index in [0.29, 0.717) is 24.7 Å². The maximum Gasteiger partial charge on any atom is 0.287 e. The van der Waals surface area contributed by atoms with Crippen LogP contribution in [0.2, 0.25) is 0 Å². The molecular formula is C21H24N4O3S. The third kappa shape index (κ3) is 5.58. The highest BCUT2D eigenvalue weighted by molar-refractivity contribution is 7.98. The molecule has 1 N–H and O–H groups in total. The molecule has 3 aromatic rings. The van der Waals surface area contributed by atoms with E-state index in [9.17, 15) is 4.79 Å². The number of carbonyl (C=O) groups is 1. The average Bonchev–Trinajstić information content (AvgIpc) is 3.33. The number of thioether (sulfide) groups is 1. The topological polar surface area (TPSA) is 82.2 Å². The van der Waals surface area contributed by atoms with Crippen LogP contribution in [0.15, 0.2) is 58.6 Å². The first-order valence-electron chi connectivity index (χ1n) is 9.18. The van der Waals surface area contributed by atoms with E-state index in [1.807, 2.05) is 10.6 Å². The second-order valence-corrected chi connectivity index (χ2v) is 7.40. The maximum atomic E-state index is 12.3. The Hall–Kier alpha value is -2.84. The lowest BCUT2D eigenvalue weighted by molar-refractivity contribution is 0.0913. The summed E-state index contributed by atoms with van der Waals surface area (Å²) in [4.78, 5) is 12.3.